The van der Waals surface area contributed by atoms with Crippen molar-refractivity contribution < 1.29 is 9.90 Å². The quantitative estimate of drug-likeness (QED) is 0.550. The Morgan fingerprint density at radius 3 is 2.47 bits per heavy atom. The van der Waals surface area contributed by atoms with Gasteiger partial charge in [-0.2, -0.15) is 0 Å². The molecular formula is C22H23Cl2N3O2S. The molecule has 1 N–H and O–H groups in total. The number of rotatable bonds is 5. The number of phenolic OH excluding ortho intramolecular Hbond substituents is 1. The van der Waals surface area contributed by atoms with Crippen LogP contribution in [-0.4, -0.2) is 41.7 Å². The summed E-state index contributed by atoms with van der Waals surface area (Å²) in [5, 5.41) is 11.4. The first-order valence-corrected chi connectivity index (χ1v) is 11.0. The van der Waals surface area contributed by atoms with Gasteiger partial charge in [0.25, 0.3) is 5.91 Å². The smallest absolute Gasteiger partial charge is 0.266 e. The van der Waals surface area contributed by atoms with Crippen molar-refractivity contribution in [3.05, 3.63) is 56.9 Å². The van der Waals surface area contributed by atoms with Gasteiger partial charge in [-0.1, -0.05) is 37.0 Å². The summed E-state index contributed by atoms with van der Waals surface area (Å²) in [5.74, 6) is -0.000803. The molecule has 158 valence electrons. The number of phenols is 1. The predicted octanol–water partition coefficient (Wildman–Crippen LogP) is 6.03. The van der Waals surface area contributed by atoms with Gasteiger partial charge in [-0.3, -0.25) is 9.69 Å². The maximum absolute atomic E-state index is 13.1. The van der Waals surface area contributed by atoms with Crippen LogP contribution in [0.15, 0.2) is 46.3 Å². The summed E-state index contributed by atoms with van der Waals surface area (Å²) < 4.78 is 0. The Balaban J connectivity index is 1.98. The number of halogens is 2. The summed E-state index contributed by atoms with van der Waals surface area (Å²) in [6.07, 6.45) is 1.60. The molecule has 8 heteroatoms. The third-order valence-electron chi connectivity index (χ3n) is 4.37. The van der Waals surface area contributed by atoms with Crippen molar-refractivity contribution in [1.29, 1.82) is 0 Å². The number of aromatic hydroxyl groups is 1. The zero-order valence-corrected chi connectivity index (χ0v) is 19.5. The van der Waals surface area contributed by atoms with E-state index in [1.54, 1.807) is 17.0 Å². The number of anilines is 1. The van der Waals surface area contributed by atoms with E-state index in [2.05, 4.69) is 0 Å². The fraction of sp³-hybridized carbons (Fsp3) is 0.273. The van der Waals surface area contributed by atoms with E-state index >= 15 is 0 Å². The minimum Gasteiger partial charge on any atom is -0.506 e. The summed E-state index contributed by atoms with van der Waals surface area (Å²) in [6.45, 7) is 4.64. The van der Waals surface area contributed by atoms with Gasteiger partial charge in [0.2, 0.25) is 0 Å². The monoisotopic (exact) mass is 463 g/mol. The standard InChI is InChI=1S/C22H23Cl2N3O2S/c1-13(2)12-27-21(29)19(10-14-9-15(23)11-18(24)20(14)28)30-22(27)25-16-5-7-17(8-6-16)26(3)4/h5-11,13,28H,12H2,1-4H3. The van der Waals surface area contributed by atoms with Crippen LogP contribution in [0.3, 0.4) is 0 Å². The van der Waals surface area contributed by atoms with E-state index in [4.69, 9.17) is 28.2 Å². The number of amides is 1. The summed E-state index contributed by atoms with van der Waals surface area (Å²) in [7, 11) is 3.96. The molecule has 0 saturated carbocycles. The lowest BCUT2D eigenvalue weighted by molar-refractivity contribution is -0.122. The molecule has 0 atom stereocenters. The molecule has 30 heavy (non-hydrogen) atoms. The molecule has 2 aromatic rings. The van der Waals surface area contributed by atoms with Gasteiger partial charge in [-0.25, -0.2) is 4.99 Å². The largest absolute Gasteiger partial charge is 0.506 e. The topological polar surface area (TPSA) is 56.1 Å². The number of carbonyl (C=O) groups is 1. The van der Waals surface area contributed by atoms with Crippen molar-refractivity contribution in [2.24, 2.45) is 10.9 Å². The second-order valence-corrected chi connectivity index (χ2v) is 9.40. The van der Waals surface area contributed by atoms with Gasteiger partial charge in [-0.05, 0) is 60.2 Å². The molecule has 0 unspecified atom stereocenters. The number of hydrogen-bond donors (Lipinski definition) is 1. The highest BCUT2D eigenvalue weighted by Crippen LogP contribution is 2.38. The summed E-state index contributed by atoms with van der Waals surface area (Å²) >= 11 is 13.3. The van der Waals surface area contributed by atoms with Crippen LogP contribution < -0.4 is 4.90 Å². The highest BCUT2D eigenvalue weighted by Gasteiger charge is 2.34. The van der Waals surface area contributed by atoms with Crippen LogP contribution in [0.5, 0.6) is 5.75 Å². The van der Waals surface area contributed by atoms with E-state index in [1.165, 1.54) is 17.8 Å². The number of carbonyl (C=O) groups excluding carboxylic acids is 1. The van der Waals surface area contributed by atoms with Crippen molar-refractivity contribution in [2.75, 3.05) is 25.5 Å². The Morgan fingerprint density at radius 2 is 1.87 bits per heavy atom. The second-order valence-electron chi connectivity index (χ2n) is 7.55. The van der Waals surface area contributed by atoms with Crippen molar-refractivity contribution in [3.8, 4) is 5.75 Å². The second kappa shape index (κ2) is 9.33. The minimum atomic E-state index is -0.159. The number of amidine groups is 1. The SMILES string of the molecule is CC(C)CN1C(=O)C(=Cc2cc(Cl)cc(Cl)c2O)SC1=Nc1ccc(N(C)C)cc1. The van der Waals surface area contributed by atoms with Crippen LogP contribution in [0.1, 0.15) is 19.4 Å². The van der Waals surface area contributed by atoms with E-state index in [0.717, 1.165) is 11.4 Å². The lowest BCUT2D eigenvalue weighted by Gasteiger charge is -2.18. The molecule has 1 aliphatic rings. The molecule has 1 saturated heterocycles. The average Bonchev–Trinajstić information content (AvgIpc) is 2.94. The van der Waals surface area contributed by atoms with Crippen LogP contribution in [-0.2, 0) is 4.79 Å². The van der Waals surface area contributed by atoms with Crippen LogP contribution >= 0.6 is 35.0 Å². The van der Waals surface area contributed by atoms with Gasteiger partial charge in [-0.15, -0.1) is 0 Å². The van der Waals surface area contributed by atoms with Crippen LogP contribution in [0.4, 0.5) is 11.4 Å². The molecule has 2 aromatic carbocycles. The number of thioether (sulfide) groups is 1. The first-order valence-electron chi connectivity index (χ1n) is 9.41. The normalized spacial score (nSPS) is 16.9. The van der Waals surface area contributed by atoms with Crippen LogP contribution in [0, 0.1) is 5.92 Å². The molecule has 0 bridgehead atoms. The Morgan fingerprint density at radius 1 is 1.20 bits per heavy atom. The zero-order chi connectivity index (χ0) is 22.0. The van der Waals surface area contributed by atoms with Crippen molar-refractivity contribution >= 4 is 63.5 Å². The Kier molecular flexibility index (Phi) is 7.01. The van der Waals surface area contributed by atoms with Gasteiger partial charge >= 0.3 is 0 Å². The zero-order valence-electron chi connectivity index (χ0n) is 17.2. The van der Waals surface area contributed by atoms with Gasteiger partial charge < -0.3 is 10.0 Å². The third-order valence-corrected chi connectivity index (χ3v) is 5.88. The maximum Gasteiger partial charge on any atom is 0.266 e. The van der Waals surface area contributed by atoms with Gasteiger partial charge in [0, 0.05) is 36.9 Å². The summed E-state index contributed by atoms with van der Waals surface area (Å²) in [5.41, 5.74) is 2.23. The minimum absolute atomic E-state index is 0.109. The van der Waals surface area contributed by atoms with Gasteiger partial charge in [0.1, 0.15) is 5.75 Å². The van der Waals surface area contributed by atoms with E-state index < -0.39 is 0 Å². The lowest BCUT2D eigenvalue weighted by atomic mass is 10.1. The Hall–Kier alpha value is -2.15. The molecule has 1 amide bonds. The summed E-state index contributed by atoms with van der Waals surface area (Å²) in [6, 6.07) is 10.8. The van der Waals surface area contributed by atoms with Crippen LogP contribution in [0.2, 0.25) is 10.0 Å². The maximum atomic E-state index is 13.1. The van der Waals surface area contributed by atoms with E-state index in [-0.39, 0.29) is 22.6 Å². The highest BCUT2D eigenvalue weighted by molar-refractivity contribution is 8.18. The third kappa shape index (κ3) is 5.12. The molecule has 0 spiro atoms. The fourth-order valence-corrected chi connectivity index (χ4v) is 4.40. The van der Waals surface area contributed by atoms with Crippen molar-refractivity contribution in [2.45, 2.75) is 13.8 Å². The molecular weight excluding hydrogens is 441 g/mol. The van der Waals surface area contributed by atoms with Crippen LogP contribution in [0.25, 0.3) is 6.08 Å². The van der Waals surface area contributed by atoms with Crippen molar-refractivity contribution in [3.63, 3.8) is 0 Å². The van der Waals surface area contributed by atoms with E-state index in [9.17, 15) is 9.90 Å². The first-order chi connectivity index (χ1) is 14.2. The van der Waals surface area contributed by atoms with Gasteiger partial charge in [0.15, 0.2) is 5.17 Å². The average molecular weight is 464 g/mol. The number of nitrogens with zero attached hydrogens (tertiary/aromatic N) is 3. The predicted molar refractivity (Wildman–Crippen MR) is 128 cm³/mol. The molecule has 1 heterocycles. The molecule has 1 aliphatic heterocycles. The molecule has 1 fully saturated rings. The molecule has 0 radical (unpaired) electrons. The Labute approximate surface area is 191 Å². The fourth-order valence-electron chi connectivity index (χ4n) is 2.89. The first kappa shape index (κ1) is 22.5. The molecule has 5 nitrogen and oxygen atoms in total. The number of hydrogen-bond acceptors (Lipinski definition) is 5. The van der Waals surface area contributed by atoms with E-state index in [0.29, 0.717) is 27.2 Å². The number of aliphatic imine (C=N–C) groups is 1. The molecule has 3 rings (SSSR count). The van der Waals surface area contributed by atoms with Crippen molar-refractivity contribution in [1.82, 2.24) is 4.90 Å². The lowest BCUT2D eigenvalue weighted by Crippen LogP contribution is -2.32. The highest BCUT2D eigenvalue weighted by atomic mass is 35.5. The van der Waals surface area contributed by atoms with E-state index in [1.807, 2.05) is 57.1 Å². The number of benzene rings is 2. The summed E-state index contributed by atoms with van der Waals surface area (Å²) in [4.78, 5) is 21.9. The van der Waals surface area contributed by atoms with Gasteiger partial charge in [0.05, 0.1) is 15.6 Å². The Bertz CT molecular complexity index is 1020. The molecule has 0 aliphatic carbocycles. The molecule has 0 aromatic heterocycles.